The number of nitrogens with zero attached hydrogens (tertiary/aromatic N) is 2. The van der Waals surface area contributed by atoms with Crippen molar-refractivity contribution in [3.63, 3.8) is 0 Å². The second-order valence-corrected chi connectivity index (χ2v) is 6.71. The Bertz CT molecular complexity index is 455. The van der Waals surface area contributed by atoms with Gasteiger partial charge in [-0.3, -0.25) is 14.4 Å². The highest BCUT2D eigenvalue weighted by Gasteiger charge is 2.29. The predicted molar refractivity (Wildman–Crippen MR) is 91.1 cm³/mol. The smallest absolute Gasteiger partial charge is 0.242 e. The van der Waals surface area contributed by atoms with Crippen LogP contribution < -0.4 is 11.1 Å². The summed E-state index contributed by atoms with van der Waals surface area (Å²) in [6, 6.07) is 0.0232. The largest absolute Gasteiger partial charge is 0.354 e. The zero-order valence-electron chi connectivity index (χ0n) is 14.5. The number of likely N-dealkylation sites (tertiary alicyclic amines) is 2. The Balaban J connectivity index is 1.89. The monoisotopic (exact) mass is 338 g/mol. The minimum atomic E-state index is -0.0711. The van der Waals surface area contributed by atoms with Gasteiger partial charge in [0.25, 0.3) is 0 Å². The van der Waals surface area contributed by atoms with Crippen molar-refractivity contribution in [2.75, 3.05) is 32.7 Å². The highest BCUT2D eigenvalue weighted by molar-refractivity contribution is 5.85. The van der Waals surface area contributed by atoms with E-state index in [0.717, 1.165) is 38.5 Å². The Hall–Kier alpha value is -1.63. The summed E-state index contributed by atoms with van der Waals surface area (Å²) in [5, 5.41) is 2.87. The number of hydrogen-bond donors (Lipinski definition) is 2. The van der Waals surface area contributed by atoms with Gasteiger partial charge in [0.15, 0.2) is 0 Å². The summed E-state index contributed by atoms with van der Waals surface area (Å²) in [4.78, 5) is 40.0. The molecule has 0 bridgehead atoms. The number of nitrogens with two attached hydrogens (primary N) is 1. The molecule has 7 heteroatoms. The van der Waals surface area contributed by atoms with E-state index in [9.17, 15) is 14.4 Å². The van der Waals surface area contributed by atoms with E-state index in [1.165, 1.54) is 0 Å². The van der Waals surface area contributed by atoms with Gasteiger partial charge in [0, 0.05) is 45.1 Å². The van der Waals surface area contributed by atoms with Gasteiger partial charge >= 0.3 is 0 Å². The first kappa shape index (κ1) is 18.7. The van der Waals surface area contributed by atoms with Crippen LogP contribution in [0.2, 0.25) is 0 Å². The number of nitrogens with one attached hydrogen (secondary N) is 1. The van der Waals surface area contributed by atoms with Gasteiger partial charge in [-0.25, -0.2) is 0 Å². The van der Waals surface area contributed by atoms with E-state index in [4.69, 9.17) is 5.73 Å². The SMILES string of the molecule is NCCC(=O)NCC1CCCCN1C(=O)CN1CCCCCC1=O. The van der Waals surface area contributed by atoms with Gasteiger partial charge in [0.1, 0.15) is 0 Å². The third kappa shape index (κ3) is 5.47. The van der Waals surface area contributed by atoms with Crippen molar-refractivity contribution in [1.82, 2.24) is 15.1 Å². The molecule has 24 heavy (non-hydrogen) atoms. The van der Waals surface area contributed by atoms with E-state index < -0.39 is 0 Å². The lowest BCUT2D eigenvalue weighted by atomic mass is 10.0. The van der Waals surface area contributed by atoms with Crippen LogP contribution in [0, 0.1) is 0 Å². The van der Waals surface area contributed by atoms with Crippen molar-refractivity contribution in [3.05, 3.63) is 0 Å². The second kappa shape index (κ2) is 9.61. The van der Waals surface area contributed by atoms with E-state index in [2.05, 4.69) is 5.32 Å². The normalized spacial score (nSPS) is 22.2. The van der Waals surface area contributed by atoms with Crippen molar-refractivity contribution in [2.45, 2.75) is 57.4 Å². The number of amides is 3. The maximum atomic E-state index is 12.7. The lowest BCUT2D eigenvalue weighted by molar-refractivity contribution is -0.142. The van der Waals surface area contributed by atoms with E-state index in [0.29, 0.717) is 39.0 Å². The standard InChI is InChI=1S/C17H30N4O3/c18-9-8-15(22)19-12-14-6-3-5-11-21(14)17(24)13-20-10-4-1-2-7-16(20)23/h14H,1-13,18H2,(H,19,22). The second-order valence-electron chi connectivity index (χ2n) is 6.71. The topological polar surface area (TPSA) is 95.7 Å². The number of hydrogen-bond acceptors (Lipinski definition) is 4. The fourth-order valence-corrected chi connectivity index (χ4v) is 3.45. The molecule has 2 aliphatic heterocycles. The number of piperidine rings is 1. The first-order valence-electron chi connectivity index (χ1n) is 9.16. The van der Waals surface area contributed by atoms with Crippen molar-refractivity contribution in [1.29, 1.82) is 0 Å². The van der Waals surface area contributed by atoms with Crippen LogP contribution in [0.4, 0.5) is 0 Å². The molecule has 0 aromatic rings. The van der Waals surface area contributed by atoms with Crippen LogP contribution in [0.1, 0.15) is 51.4 Å². The first-order valence-corrected chi connectivity index (χ1v) is 9.16. The Morgan fingerprint density at radius 3 is 2.71 bits per heavy atom. The molecule has 0 aromatic carbocycles. The van der Waals surface area contributed by atoms with E-state index in [-0.39, 0.29) is 30.3 Å². The van der Waals surface area contributed by atoms with Crippen molar-refractivity contribution < 1.29 is 14.4 Å². The summed E-state index contributed by atoms with van der Waals surface area (Å²) < 4.78 is 0. The maximum Gasteiger partial charge on any atom is 0.242 e. The zero-order valence-corrected chi connectivity index (χ0v) is 14.5. The Morgan fingerprint density at radius 1 is 1.12 bits per heavy atom. The summed E-state index contributed by atoms with van der Waals surface area (Å²) in [6.45, 7) is 2.36. The van der Waals surface area contributed by atoms with Gasteiger partial charge in [0.2, 0.25) is 17.7 Å². The average molecular weight is 338 g/mol. The fraction of sp³-hybridized carbons (Fsp3) is 0.824. The molecule has 2 rings (SSSR count). The lowest BCUT2D eigenvalue weighted by Gasteiger charge is -2.37. The van der Waals surface area contributed by atoms with E-state index >= 15 is 0 Å². The van der Waals surface area contributed by atoms with Crippen molar-refractivity contribution in [2.24, 2.45) is 5.73 Å². The molecule has 2 saturated heterocycles. The van der Waals surface area contributed by atoms with E-state index in [1.807, 2.05) is 4.90 Å². The molecule has 0 radical (unpaired) electrons. The minimum Gasteiger partial charge on any atom is -0.354 e. The molecule has 7 nitrogen and oxygen atoms in total. The number of rotatable bonds is 6. The molecule has 136 valence electrons. The molecular formula is C17H30N4O3. The first-order chi connectivity index (χ1) is 11.6. The number of carbonyl (C=O) groups is 3. The summed E-state index contributed by atoms with van der Waals surface area (Å²) >= 11 is 0. The summed E-state index contributed by atoms with van der Waals surface area (Å²) in [5.41, 5.74) is 5.38. The molecule has 0 saturated carbocycles. The van der Waals surface area contributed by atoms with Crippen LogP contribution in [-0.4, -0.2) is 66.3 Å². The third-order valence-corrected chi connectivity index (χ3v) is 4.85. The summed E-state index contributed by atoms with van der Waals surface area (Å²) in [5.74, 6) is 0.0202. The molecule has 2 heterocycles. The van der Waals surface area contributed by atoms with Crippen molar-refractivity contribution >= 4 is 17.7 Å². The molecule has 0 aliphatic carbocycles. The average Bonchev–Trinajstić information content (AvgIpc) is 2.78. The van der Waals surface area contributed by atoms with Gasteiger partial charge in [-0.1, -0.05) is 6.42 Å². The van der Waals surface area contributed by atoms with Crippen LogP contribution in [0.5, 0.6) is 0 Å². The molecule has 3 N–H and O–H groups in total. The molecule has 1 unspecified atom stereocenters. The minimum absolute atomic E-state index is 0.00280. The quantitative estimate of drug-likeness (QED) is 0.725. The van der Waals surface area contributed by atoms with Crippen LogP contribution in [0.15, 0.2) is 0 Å². The molecule has 2 aliphatic rings. The fourth-order valence-electron chi connectivity index (χ4n) is 3.45. The molecule has 1 atom stereocenters. The highest BCUT2D eigenvalue weighted by Crippen LogP contribution is 2.18. The molecule has 3 amide bonds. The molecule has 0 spiro atoms. The Kier molecular flexibility index (Phi) is 7.49. The van der Waals surface area contributed by atoms with Crippen LogP contribution >= 0.6 is 0 Å². The van der Waals surface area contributed by atoms with Gasteiger partial charge in [-0.15, -0.1) is 0 Å². The third-order valence-electron chi connectivity index (χ3n) is 4.85. The van der Waals surface area contributed by atoms with E-state index in [1.54, 1.807) is 4.90 Å². The van der Waals surface area contributed by atoms with Gasteiger partial charge in [-0.05, 0) is 32.1 Å². The van der Waals surface area contributed by atoms with Gasteiger partial charge < -0.3 is 20.9 Å². The zero-order chi connectivity index (χ0) is 17.4. The van der Waals surface area contributed by atoms with Gasteiger partial charge in [0.05, 0.1) is 6.54 Å². The Morgan fingerprint density at radius 2 is 1.92 bits per heavy atom. The Labute approximate surface area is 143 Å². The van der Waals surface area contributed by atoms with Crippen LogP contribution in [0.3, 0.4) is 0 Å². The molecular weight excluding hydrogens is 308 g/mol. The summed E-state index contributed by atoms with van der Waals surface area (Å²) in [6.07, 6.45) is 6.73. The predicted octanol–water partition coefficient (Wildman–Crippen LogP) is 0.235. The van der Waals surface area contributed by atoms with Crippen molar-refractivity contribution in [3.8, 4) is 0 Å². The van der Waals surface area contributed by atoms with Gasteiger partial charge in [-0.2, -0.15) is 0 Å². The molecule has 0 aromatic heterocycles. The van der Waals surface area contributed by atoms with Crippen LogP contribution in [-0.2, 0) is 14.4 Å². The lowest BCUT2D eigenvalue weighted by Crippen LogP contribution is -2.52. The maximum absolute atomic E-state index is 12.7. The number of carbonyl (C=O) groups excluding carboxylic acids is 3. The van der Waals surface area contributed by atoms with Crippen LogP contribution in [0.25, 0.3) is 0 Å². The highest BCUT2D eigenvalue weighted by atomic mass is 16.2. The molecule has 2 fully saturated rings. The summed E-state index contributed by atoms with van der Waals surface area (Å²) in [7, 11) is 0.